The molecule has 0 atom stereocenters. The number of nitrogens with zero attached hydrogens (tertiary/aromatic N) is 1. The predicted molar refractivity (Wildman–Crippen MR) is 71.7 cm³/mol. The van der Waals surface area contributed by atoms with Crippen LogP contribution in [0.5, 0.6) is 0 Å². The van der Waals surface area contributed by atoms with Crippen molar-refractivity contribution in [3.05, 3.63) is 35.3 Å². The average molecular weight is 298 g/mol. The minimum atomic E-state index is -1.60. The third kappa shape index (κ3) is 2.63. The van der Waals surface area contributed by atoms with Crippen LogP contribution in [-0.4, -0.2) is 24.1 Å². The molecule has 2 aromatic rings. The summed E-state index contributed by atoms with van der Waals surface area (Å²) in [6.07, 6.45) is 1.08. The predicted octanol–water partition coefficient (Wildman–Crippen LogP) is 3.26. The summed E-state index contributed by atoms with van der Waals surface area (Å²) >= 11 is 0. The van der Waals surface area contributed by atoms with Gasteiger partial charge in [0.25, 0.3) is 0 Å². The van der Waals surface area contributed by atoms with Crippen LogP contribution in [0, 0.1) is 17.5 Å². The topological polar surface area (TPSA) is 51.2 Å². The molecule has 0 saturated heterocycles. The van der Waals surface area contributed by atoms with Gasteiger partial charge in [0.15, 0.2) is 17.5 Å². The van der Waals surface area contributed by atoms with Gasteiger partial charge in [-0.3, -0.25) is 4.98 Å². The summed E-state index contributed by atoms with van der Waals surface area (Å²) in [4.78, 5) is 15.6. The van der Waals surface area contributed by atoms with Gasteiger partial charge in [-0.15, -0.1) is 0 Å². The fourth-order valence-electron chi connectivity index (χ4n) is 1.97. The van der Waals surface area contributed by atoms with Crippen molar-refractivity contribution in [2.75, 3.05) is 18.5 Å². The summed E-state index contributed by atoms with van der Waals surface area (Å²) < 4.78 is 45.3. The minimum absolute atomic E-state index is 0.0150. The number of esters is 1. The monoisotopic (exact) mass is 298 g/mol. The summed E-state index contributed by atoms with van der Waals surface area (Å²) in [5.41, 5.74) is -0.145. The molecule has 1 heterocycles. The van der Waals surface area contributed by atoms with Crippen LogP contribution in [0.3, 0.4) is 0 Å². The third-order valence-corrected chi connectivity index (χ3v) is 2.85. The highest BCUT2D eigenvalue weighted by Crippen LogP contribution is 2.30. The highest BCUT2D eigenvalue weighted by atomic mass is 19.2. The van der Waals surface area contributed by atoms with E-state index < -0.39 is 23.4 Å². The Bertz CT molecular complexity index is 704. The van der Waals surface area contributed by atoms with E-state index >= 15 is 0 Å². The van der Waals surface area contributed by atoms with Crippen LogP contribution >= 0.6 is 0 Å². The Morgan fingerprint density at radius 2 is 2.00 bits per heavy atom. The molecule has 0 radical (unpaired) electrons. The average Bonchev–Trinajstić information content (AvgIpc) is 2.46. The lowest BCUT2D eigenvalue weighted by atomic mass is 10.1. The van der Waals surface area contributed by atoms with Crippen molar-refractivity contribution in [2.45, 2.75) is 13.8 Å². The second-order valence-electron chi connectivity index (χ2n) is 4.18. The maximum atomic E-state index is 13.7. The SMILES string of the molecule is CCNc1c(C(=O)OCC)cnc2c(F)c(F)c(F)cc12. The van der Waals surface area contributed by atoms with Crippen LogP contribution in [0.25, 0.3) is 10.9 Å². The molecule has 4 nitrogen and oxygen atoms in total. The smallest absolute Gasteiger partial charge is 0.341 e. The fraction of sp³-hybridized carbons (Fsp3) is 0.286. The van der Waals surface area contributed by atoms with Crippen molar-refractivity contribution in [3.8, 4) is 0 Å². The number of rotatable bonds is 4. The van der Waals surface area contributed by atoms with E-state index in [1.807, 2.05) is 0 Å². The number of aromatic nitrogens is 1. The molecule has 0 aliphatic heterocycles. The zero-order valence-electron chi connectivity index (χ0n) is 11.5. The molecule has 0 fully saturated rings. The van der Waals surface area contributed by atoms with Crippen LogP contribution in [0.15, 0.2) is 12.3 Å². The maximum Gasteiger partial charge on any atom is 0.341 e. The first kappa shape index (κ1) is 15.1. The van der Waals surface area contributed by atoms with Crippen LogP contribution in [0.1, 0.15) is 24.2 Å². The number of nitrogens with one attached hydrogen (secondary N) is 1. The van der Waals surface area contributed by atoms with E-state index in [0.29, 0.717) is 6.54 Å². The Morgan fingerprint density at radius 1 is 1.29 bits per heavy atom. The van der Waals surface area contributed by atoms with Crippen LogP contribution < -0.4 is 5.32 Å². The number of pyridine rings is 1. The highest BCUT2D eigenvalue weighted by Gasteiger charge is 2.21. The maximum absolute atomic E-state index is 13.7. The molecule has 0 spiro atoms. The van der Waals surface area contributed by atoms with Crippen molar-refractivity contribution in [1.29, 1.82) is 0 Å². The van der Waals surface area contributed by atoms with Crippen molar-refractivity contribution >= 4 is 22.6 Å². The molecule has 1 aromatic heterocycles. The molecular weight excluding hydrogens is 285 g/mol. The van der Waals surface area contributed by atoms with Gasteiger partial charge in [0, 0.05) is 18.1 Å². The van der Waals surface area contributed by atoms with Gasteiger partial charge >= 0.3 is 5.97 Å². The van der Waals surface area contributed by atoms with Gasteiger partial charge in [-0.25, -0.2) is 18.0 Å². The quantitative estimate of drug-likeness (QED) is 0.695. The van der Waals surface area contributed by atoms with Crippen molar-refractivity contribution < 1.29 is 22.7 Å². The lowest BCUT2D eigenvalue weighted by molar-refractivity contribution is 0.0527. The van der Waals surface area contributed by atoms with E-state index in [9.17, 15) is 18.0 Å². The van der Waals surface area contributed by atoms with Gasteiger partial charge in [0.2, 0.25) is 0 Å². The number of benzene rings is 1. The van der Waals surface area contributed by atoms with Gasteiger partial charge in [0.05, 0.1) is 12.3 Å². The Hall–Kier alpha value is -2.31. The number of anilines is 1. The van der Waals surface area contributed by atoms with Gasteiger partial charge in [-0.05, 0) is 19.9 Å². The van der Waals surface area contributed by atoms with Crippen molar-refractivity contribution in [2.24, 2.45) is 0 Å². The van der Waals surface area contributed by atoms with E-state index in [-0.39, 0.29) is 28.8 Å². The second kappa shape index (κ2) is 5.99. The van der Waals surface area contributed by atoms with Gasteiger partial charge in [-0.1, -0.05) is 0 Å². The fourth-order valence-corrected chi connectivity index (χ4v) is 1.97. The lowest BCUT2D eigenvalue weighted by Crippen LogP contribution is -2.11. The Kier molecular flexibility index (Phi) is 4.30. The van der Waals surface area contributed by atoms with Gasteiger partial charge in [0.1, 0.15) is 11.1 Å². The molecular formula is C14H13F3N2O2. The summed E-state index contributed by atoms with van der Waals surface area (Å²) in [5, 5.41) is 2.82. The zero-order chi connectivity index (χ0) is 15.6. The number of fused-ring (bicyclic) bond motifs is 1. The van der Waals surface area contributed by atoms with Gasteiger partial charge in [-0.2, -0.15) is 0 Å². The molecule has 21 heavy (non-hydrogen) atoms. The molecule has 1 aromatic carbocycles. The molecule has 0 aliphatic carbocycles. The molecule has 0 bridgehead atoms. The number of hydrogen-bond donors (Lipinski definition) is 1. The molecule has 1 N–H and O–H groups in total. The number of carbonyl (C=O) groups excluding carboxylic acids is 1. The van der Waals surface area contributed by atoms with E-state index in [1.165, 1.54) is 0 Å². The summed E-state index contributed by atoms with van der Waals surface area (Å²) in [6.45, 7) is 3.92. The van der Waals surface area contributed by atoms with E-state index in [1.54, 1.807) is 13.8 Å². The molecule has 0 aliphatic rings. The first-order valence-corrected chi connectivity index (χ1v) is 6.38. The van der Waals surface area contributed by atoms with Crippen molar-refractivity contribution in [3.63, 3.8) is 0 Å². The highest BCUT2D eigenvalue weighted by molar-refractivity contribution is 6.05. The minimum Gasteiger partial charge on any atom is -0.462 e. The first-order valence-electron chi connectivity index (χ1n) is 6.38. The summed E-state index contributed by atoms with van der Waals surface area (Å²) in [5.74, 6) is -5.00. The molecule has 0 amide bonds. The Labute approximate surface area is 118 Å². The molecule has 112 valence electrons. The normalized spacial score (nSPS) is 10.7. The largest absolute Gasteiger partial charge is 0.462 e. The standard InChI is InChI=1S/C14H13F3N2O2/c1-3-18-12-7-5-9(15)10(16)11(17)13(7)19-6-8(12)14(20)21-4-2/h5-6H,3-4H2,1-2H3,(H,18,19). The van der Waals surface area contributed by atoms with E-state index in [0.717, 1.165) is 12.3 Å². The third-order valence-electron chi connectivity index (χ3n) is 2.85. The van der Waals surface area contributed by atoms with Crippen LogP contribution in [-0.2, 0) is 4.74 Å². The summed E-state index contributed by atoms with van der Waals surface area (Å²) in [6, 6.07) is 0.807. The number of carbonyl (C=O) groups is 1. The summed E-state index contributed by atoms with van der Waals surface area (Å²) in [7, 11) is 0. The zero-order valence-corrected chi connectivity index (χ0v) is 11.5. The first-order chi connectivity index (χ1) is 10.0. The van der Waals surface area contributed by atoms with Gasteiger partial charge < -0.3 is 10.1 Å². The van der Waals surface area contributed by atoms with E-state index in [4.69, 9.17) is 4.74 Å². The number of ether oxygens (including phenoxy) is 1. The van der Waals surface area contributed by atoms with Crippen LogP contribution in [0.2, 0.25) is 0 Å². The number of halogens is 3. The second-order valence-corrected chi connectivity index (χ2v) is 4.18. The molecule has 0 saturated carbocycles. The molecule has 7 heteroatoms. The Morgan fingerprint density at radius 3 is 2.62 bits per heavy atom. The van der Waals surface area contributed by atoms with Crippen molar-refractivity contribution in [1.82, 2.24) is 4.98 Å². The molecule has 0 unspecified atom stereocenters. The Balaban J connectivity index is 2.76. The molecule has 2 rings (SSSR count). The lowest BCUT2D eigenvalue weighted by Gasteiger charge is -2.13. The van der Waals surface area contributed by atoms with E-state index in [2.05, 4.69) is 10.3 Å². The number of hydrogen-bond acceptors (Lipinski definition) is 4. The van der Waals surface area contributed by atoms with Crippen LogP contribution in [0.4, 0.5) is 18.9 Å².